The number of ether oxygens (including phenoxy) is 6. The highest BCUT2D eigenvalue weighted by molar-refractivity contribution is 5.76. The lowest BCUT2D eigenvalue weighted by atomic mass is 9.96. The second kappa shape index (κ2) is 60.3. The first kappa shape index (κ1) is 90.2. The molecule has 0 radical (unpaired) electrons. The van der Waals surface area contributed by atoms with Crippen LogP contribution in [0.15, 0.2) is 36.5 Å². The quantitative estimate of drug-likeness (QED) is 0.0199. The Morgan fingerprint density at radius 1 is 0.367 bits per heavy atom. The van der Waals surface area contributed by atoms with Gasteiger partial charge in [0.05, 0.1) is 38.6 Å². The molecular formula is C79H147NO18. The van der Waals surface area contributed by atoms with Crippen molar-refractivity contribution in [2.24, 2.45) is 0 Å². The molecule has 3 aliphatic rings. The lowest BCUT2D eigenvalue weighted by Gasteiger charge is -2.48. The van der Waals surface area contributed by atoms with Gasteiger partial charge in [0, 0.05) is 6.42 Å². The highest BCUT2D eigenvalue weighted by atomic mass is 16.8. The van der Waals surface area contributed by atoms with E-state index >= 15 is 0 Å². The van der Waals surface area contributed by atoms with E-state index < -0.39 is 124 Å². The standard InChI is InChI=1S/C79H147NO18/c1-3-5-7-9-11-13-15-17-18-19-20-21-22-23-24-25-26-27-28-29-30-31-32-33-34-35-36-37-38-39-40-41-42-43-44-45-47-49-51-53-55-57-67(85)80-62(63(84)56-54-52-50-48-46-16-14-12-10-8-6-4-2)61-93-77-73(91)70(88)75(65(59-82)95-77)98-79-74(92)71(89)76(66(60-83)96-79)97-78-72(90)69(87)68(86)64(58-81)94-78/h15,17,19-20,54,56,62-66,68-79,81-84,86-92H,3-14,16,18,21-53,55,57-61H2,1-2H3,(H,80,85)/b17-15-,20-19-,56-54+. The number of rotatable bonds is 64. The van der Waals surface area contributed by atoms with Crippen molar-refractivity contribution < 1.29 is 89.4 Å². The van der Waals surface area contributed by atoms with E-state index in [4.69, 9.17) is 28.4 Å². The van der Waals surface area contributed by atoms with E-state index in [-0.39, 0.29) is 18.9 Å². The van der Waals surface area contributed by atoms with Crippen LogP contribution in [0.25, 0.3) is 0 Å². The zero-order valence-corrected chi connectivity index (χ0v) is 61.5. The van der Waals surface area contributed by atoms with Gasteiger partial charge in [-0.25, -0.2) is 0 Å². The Morgan fingerprint density at radius 3 is 1.04 bits per heavy atom. The molecule has 0 bridgehead atoms. The van der Waals surface area contributed by atoms with Gasteiger partial charge in [0.25, 0.3) is 0 Å². The van der Waals surface area contributed by atoms with Gasteiger partial charge in [-0.3, -0.25) is 4.79 Å². The molecule has 3 aliphatic heterocycles. The Bertz CT molecular complexity index is 1910. The normalized spacial score (nSPS) is 26.9. The Labute approximate surface area is 593 Å². The maximum absolute atomic E-state index is 13.4. The van der Waals surface area contributed by atoms with Gasteiger partial charge >= 0.3 is 0 Å². The van der Waals surface area contributed by atoms with Crippen LogP contribution in [0.2, 0.25) is 0 Å². The van der Waals surface area contributed by atoms with Crippen LogP contribution in [-0.4, -0.2) is 193 Å². The van der Waals surface area contributed by atoms with Crippen molar-refractivity contribution in [3.8, 4) is 0 Å². The van der Waals surface area contributed by atoms with E-state index in [0.717, 1.165) is 51.4 Å². The summed E-state index contributed by atoms with van der Waals surface area (Å²) in [6.45, 7) is 1.74. The molecule has 3 rings (SSSR count). The molecule has 12 N–H and O–H groups in total. The van der Waals surface area contributed by atoms with Gasteiger partial charge in [0.2, 0.25) is 5.91 Å². The van der Waals surface area contributed by atoms with Crippen molar-refractivity contribution in [1.29, 1.82) is 0 Å². The Morgan fingerprint density at radius 2 is 0.673 bits per heavy atom. The number of unbranched alkanes of at least 4 members (excludes halogenated alkanes) is 44. The molecule has 3 saturated heterocycles. The average Bonchev–Trinajstić information content (AvgIpc) is 0.785. The fraction of sp³-hybridized carbons (Fsp3) is 0.911. The number of nitrogens with one attached hydrogen (secondary N) is 1. The summed E-state index contributed by atoms with van der Waals surface area (Å²) in [5.41, 5.74) is 0. The summed E-state index contributed by atoms with van der Waals surface area (Å²) < 4.78 is 34.4. The molecule has 3 fully saturated rings. The molecule has 3 heterocycles. The first-order valence-electron chi connectivity index (χ1n) is 40.2. The van der Waals surface area contributed by atoms with E-state index in [2.05, 4.69) is 43.5 Å². The molecule has 19 heteroatoms. The summed E-state index contributed by atoms with van der Waals surface area (Å²) in [5.74, 6) is -0.271. The predicted molar refractivity (Wildman–Crippen MR) is 388 cm³/mol. The number of hydrogen-bond acceptors (Lipinski definition) is 18. The van der Waals surface area contributed by atoms with Crippen molar-refractivity contribution in [2.45, 2.75) is 433 Å². The minimum absolute atomic E-state index is 0.248. The van der Waals surface area contributed by atoms with Crippen LogP contribution in [0.5, 0.6) is 0 Å². The second-order valence-electron chi connectivity index (χ2n) is 28.9. The Hall–Kier alpha value is -1.99. The smallest absolute Gasteiger partial charge is 0.220 e. The van der Waals surface area contributed by atoms with Crippen LogP contribution in [0.4, 0.5) is 0 Å². The summed E-state index contributed by atoms with van der Waals surface area (Å²) in [7, 11) is 0. The van der Waals surface area contributed by atoms with Crippen molar-refractivity contribution in [3.63, 3.8) is 0 Å². The monoisotopic (exact) mass is 1400 g/mol. The minimum atomic E-state index is -1.98. The van der Waals surface area contributed by atoms with Crippen LogP contribution in [-0.2, 0) is 33.2 Å². The van der Waals surface area contributed by atoms with Gasteiger partial charge in [-0.05, 0) is 51.4 Å². The molecule has 0 saturated carbocycles. The largest absolute Gasteiger partial charge is 0.394 e. The van der Waals surface area contributed by atoms with E-state index in [9.17, 15) is 61.0 Å². The van der Waals surface area contributed by atoms with Crippen LogP contribution in [0.1, 0.15) is 328 Å². The highest BCUT2D eigenvalue weighted by Crippen LogP contribution is 2.33. The summed E-state index contributed by atoms with van der Waals surface area (Å²) >= 11 is 0. The van der Waals surface area contributed by atoms with Crippen LogP contribution in [0.3, 0.4) is 0 Å². The third-order valence-corrected chi connectivity index (χ3v) is 20.2. The first-order valence-corrected chi connectivity index (χ1v) is 40.2. The number of carbonyl (C=O) groups excluding carboxylic acids is 1. The molecule has 0 aromatic carbocycles. The van der Waals surface area contributed by atoms with Crippen molar-refractivity contribution in [1.82, 2.24) is 5.32 Å². The molecular weight excluding hydrogens is 1250 g/mol. The average molecular weight is 1400 g/mol. The molecule has 98 heavy (non-hydrogen) atoms. The molecule has 0 aromatic rings. The topological polar surface area (TPSA) is 307 Å². The molecule has 17 atom stereocenters. The number of hydrogen-bond donors (Lipinski definition) is 12. The predicted octanol–water partition coefficient (Wildman–Crippen LogP) is 13.1. The maximum atomic E-state index is 13.4. The summed E-state index contributed by atoms with van der Waals surface area (Å²) in [4.78, 5) is 13.4. The fourth-order valence-corrected chi connectivity index (χ4v) is 13.7. The van der Waals surface area contributed by atoms with E-state index in [1.54, 1.807) is 6.08 Å². The second-order valence-corrected chi connectivity index (χ2v) is 28.9. The van der Waals surface area contributed by atoms with E-state index in [0.29, 0.717) is 6.42 Å². The SMILES string of the molecule is CCCCCCC/C=C\C/C=C\CCCCCCCCCCCCCCCCCCCCCCCCCCCCCCCC(=O)NC(COC1OC(CO)C(OC2OC(CO)C(OC3OC(CO)C(O)C(O)C3O)C(O)C2O)C(O)C1O)C(O)/C=C/CCCCCCCCCCCC. The minimum Gasteiger partial charge on any atom is -0.394 e. The zero-order valence-electron chi connectivity index (χ0n) is 61.5. The molecule has 576 valence electrons. The lowest BCUT2D eigenvalue weighted by Crippen LogP contribution is -2.66. The number of aliphatic hydroxyl groups excluding tert-OH is 11. The molecule has 0 aliphatic carbocycles. The first-order chi connectivity index (χ1) is 47.8. The summed E-state index contributed by atoms with van der Waals surface area (Å²) in [5, 5.41) is 121. The van der Waals surface area contributed by atoms with Crippen LogP contribution < -0.4 is 5.32 Å². The summed E-state index contributed by atoms with van der Waals surface area (Å²) in [6.07, 6.45) is 47.6. The third kappa shape index (κ3) is 40.3. The van der Waals surface area contributed by atoms with Gasteiger partial charge in [0.15, 0.2) is 18.9 Å². The molecule has 0 aromatic heterocycles. The lowest BCUT2D eigenvalue weighted by molar-refractivity contribution is -0.379. The van der Waals surface area contributed by atoms with E-state index in [1.807, 2.05) is 6.08 Å². The number of allylic oxidation sites excluding steroid dienone is 5. The number of carbonyl (C=O) groups is 1. The highest BCUT2D eigenvalue weighted by Gasteiger charge is 2.54. The third-order valence-electron chi connectivity index (χ3n) is 20.2. The molecule has 19 nitrogen and oxygen atoms in total. The zero-order chi connectivity index (χ0) is 71.1. The molecule has 17 unspecified atom stereocenters. The summed E-state index contributed by atoms with van der Waals surface area (Å²) in [6, 6.07) is -0.970. The van der Waals surface area contributed by atoms with Gasteiger partial charge in [-0.2, -0.15) is 0 Å². The van der Waals surface area contributed by atoms with E-state index in [1.165, 1.54) is 250 Å². The fourth-order valence-electron chi connectivity index (χ4n) is 13.7. The van der Waals surface area contributed by atoms with Crippen molar-refractivity contribution >= 4 is 5.91 Å². The number of amides is 1. The molecule has 0 spiro atoms. The van der Waals surface area contributed by atoms with Gasteiger partial charge in [-0.1, -0.05) is 307 Å². The van der Waals surface area contributed by atoms with Crippen LogP contribution >= 0.6 is 0 Å². The van der Waals surface area contributed by atoms with Crippen molar-refractivity contribution in [3.05, 3.63) is 36.5 Å². The van der Waals surface area contributed by atoms with Gasteiger partial charge < -0.3 is 89.9 Å². The van der Waals surface area contributed by atoms with Crippen LogP contribution in [0, 0.1) is 0 Å². The maximum Gasteiger partial charge on any atom is 0.220 e. The van der Waals surface area contributed by atoms with Gasteiger partial charge in [-0.15, -0.1) is 0 Å². The van der Waals surface area contributed by atoms with Crippen molar-refractivity contribution in [2.75, 3.05) is 26.4 Å². The number of aliphatic hydroxyl groups is 11. The Kier molecular flexibility index (Phi) is 55.5. The van der Waals surface area contributed by atoms with Gasteiger partial charge in [0.1, 0.15) is 73.2 Å². The Balaban J connectivity index is 1.25. The molecule has 1 amide bonds.